The maximum absolute atomic E-state index is 12.8. The summed E-state index contributed by atoms with van der Waals surface area (Å²) >= 11 is 0. The van der Waals surface area contributed by atoms with Crippen molar-refractivity contribution in [2.75, 3.05) is 33.3 Å². The molecule has 0 radical (unpaired) electrons. The van der Waals surface area contributed by atoms with E-state index in [0.29, 0.717) is 12.3 Å². The molecule has 1 aliphatic rings. The van der Waals surface area contributed by atoms with Gasteiger partial charge < -0.3 is 9.64 Å². The van der Waals surface area contributed by atoms with E-state index in [4.69, 9.17) is 4.74 Å². The predicted octanol–water partition coefficient (Wildman–Crippen LogP) is 3.44. The third-order valence-electron chi connectivity index (χ3n) is 5.95. The van der Waals surface area contributed by atoms with E-state index >= 15 is 0 Å². The van der Waals surface area contributed by atoms with Gasteiger partial charge in [-0.1, -0.05) is 26.0 Å². The lowest BCUT2D eigenvalue weighted by Crippen LogP contribution is -2.48. The van der Waals surface area contributed by atoms with Gasteiger partial charge in [-0.25, -0.2) is 0 Å². The van der Waals surface area contributed by atoms with Gasteiger partial charge in [-0.15, -0.1) is 0 Å². The molecule has 1 aromatic carbocycles. The second kappa shape index (κ2) is 10.1. The van der Waals surface area contributed by atoms with E-state index in [1.165, 1.54) is 16.8 Å². The molecule has 6 nitrogen and oxygen atoms in total. The number of amides is 1. The predicted molar refractivity (Wildman–Crippen MR) is 120 cm³/mol. The summed E-state index contributed by atoms with van der Waals surface area (Å²) in [7, 11) is 1.69. The first-order chi connectivity index (χ1) is 14.4. The molecule has 2 aromatic rings. The Morgan fingerprint density at radius 2 is 1.77 bits per heavy atom. The number of rotatable bonds is 8. The van der Waals surface area contributed by atoms with Gasteiger partial charge in [0.25, 0.3) is 0 Å². The monoisotopic (exact) mass is 412 g/mol. The van der Waals surface area contributed by atoms with Crippen molar-refractivity contribution in [2.24, 2.45) is 5.92 Å². The second-order valence-corrected chi connectivity index (χ2v) is 8.73. The van der Waals surface area contributed by atoms with Crippen LogP contribution < -0.4 is 4.74 Å². The lowest BCUT2D eigenvalue weighted by Gasteiger charge is -2.35. The molecule has 6 heteroatoms. The van der Waals surface area contributed by atoms with Crippen LogP contribution in [0.1, 0.15) is 42.8 Å². The van der Waals surface area contributed by atoms with Crippen LogP contribution in [0.2, 0.25) is 0 Å². The lowest BCUT2D eigenvalue weighted by atomic mass is 10.1. The van der Waals surface area contributed by atoms with E-state index in [1.54, 1.807) is 7.11 Å². The Bertz CT molecular complexity index is 834. The van der Waals surface area contributed by atoms with Gasteiger partial charge in [-0.2, -0.15) is 5.10 Å². The van der Waals surface area contributed by atoms with Crippen LogP contribution in [0.25, 0.3) is 0 Å². The molecule has 30 heavy (non-hydrogen) atoms. The second-order valence-electron chi connectivity index (χ2n) is 8.73. The largest absolute Gasteiger partial charge is 0.497 e. The fourth-order valence-electron chi connectivity index (χ4n) is 4.15. The topological polar surface area (TPSA) is 50.6 Å². The average molecular weight is 413 g/mol. The molecule has 0 unspecified atom stereocenters. The van der Waals surface area contributed by atoms with Crippen molar-refractivity contribution in [3.8, 4) is 5.75 Å². The van der Waals surface area contributed by atoms with Crippen molar-refractivity contribution in [1.82, 2.24) is 19.6 Å². The van der Waals surface area contributed by atoms with Crippen molar-refractivity contribution < 1.29 is 9.53 Å². The van der Waals surface area contributed by atoms with Gasteiger partial charge in [0.15, 0.2) is 0 Å². The summed E-state index contributed by atoms with van der Waals surface area (Å²) in [5.74, 6) is 1.70. The fourth-order valence-corrected chi connectivity index (χ4v) is 4.15. The van der Waals surface area contributed by atoms with E-state index in [9.17, 15) is 4.79 Å². The summed E-state index contributed by atoms with van der Waals surface area (Å²) in [6, 6.07) is 8.23. The summed E-state index contributed by atoms with van der Waals surface area (Å²) in [5.41, 5.74) is 4.78. The van der Waals surface area contributed by atoms with Crippen LogP contribution >= 0.6 is 0 Å². The van der Waals surface area contributed by atoms with Crippen molar-refractivity contribution >= 4 is 5.91 Å². The van der Waals surface area contributed by atoms with Crippen LogP contribution in [0.15, 0.2) is 24.3 Å². The minimum Gasteiger partial charge on any atom is -0.497 e. The molecular formula is C24H36N4O2. The van der Waals surface area contributed by atoms with Gasteiger partial charge in [0.05, 0.1) is 12.8 Å². The van der Waals surface area contributed by atoms with E-state index in [0.717, 1.165) is 57.1 Å². The number of methoxy groups -OCH3 is 1. The summed E-state index contributed by atoms with van der Waals surface area (Å²) < 4.78 is 7.32. The number of hydrogen-bond acceptors (Lipinski definition) is 4. The first-order valence-electron chi connectivity index (χ1n) is 11.0. The summed E-state index contributed by atoms with van der Waals surface area (Å²) in [4.78, 5) is 17.2. The number of hydrogen-bond donors (Lipinski definition) is 0. The standard InChI is InChI=1S/C24H36N4O2/c1-18(2)16-28-20(4)23(19(3)25-28)10-11-24(29)27-14-12-26(13-15-27)17-21-6-8-22(30-5)9-7-21/h6-9,18H,10-17H2,1-5H3. The maximum atomic E-state index is 12.8. The molecule has 1 fully saturated rings. The highest BCUT2D eigenvalue weighted by molar-refractivity contribution is 5.76. The summed E-state index contributed by atoms with van der Waals surface area (Å²) in [6.07, 6.45) is 1.34. The van der Waals surface area contributed by atoms with Crippen LogP contribution in [-0.2, 0) is 24.3 Å². The third-order valence-corrected chi connectivity index (χ3v) is 5.95. The minimum atomic E-state index is 0.259. The molecule has 3 rings (SSSR count). The van der Waals surface area contributed by atoms with Crippen LogP contribution in [0.3, 0.4) is 0 Å². The molecule has 0 bridgehead atoms. The van der Waals surface area contributed by atoms with Gasteiger partial charge in [-0.05, 0) is 49.4 Å². The Labute approximate surface area is 180 Å². The van der Waals surface area contributed by atoms with Crippen molar-refractivity contribution in [1.29, 1.82) is 0 Å². The molecule has 164 valence electrons. The minimum absolute atomic E-state index is 0.259. The molecule has 1 aliphatic heterocycles. The van der Waals surface area contributed by atoms with Gasteiger partial charge in [0.1, 0.15) is 5.75 Å². The first kappa shape index (κ1) is 22.3. The zero-order valence-electron chi connectivity index (χ0n) is 19.1. The van der Waals surface area contributed by atoms with Crippen molar-refractivity contribution in [3.63, 3.8) is 0 Å². The zero-order valence-corrected chi connectivity index (χ0v) is 19.1. The molecule has 1 aromatic heterocycles. The number of benzene rings is 1. The van der Waals surface area contributed by atoms with E-state index in [2.05, 4.69) is 54.5 Å². The van der Waals surface area contributed by atoms with E-state index in [-0.39, 0.29) is 5.91 Å². The summed E-state index contributed by atoms with van der Waals surface area (Å²) in [6.45, 7) is 13.9. The Hall–Kier alpha value is -2.34. The highest BCUT2D eigenvalue weighted by atomic mass is 16.5. The maximum Gasteiger partial charge on any atom is 0.222 e. The number of nitrogens with zero attached hydrogens (tertiary/aromatic N) is 4. The van der Waals surface area contributed by atoms with Crippen molar-refractivity contribution in [3.05, 3.63) is 46.8 Å². The molecule has 0 aliphatic carbocycles. The first-order valence-corrected chi connectivity index (χ1v) is 11.0. The van der Waals surface area contributed by atoms with Gasteiger partial charge in [-0.3, -0.25) is 14.4 Å². The molecule has 0 saturated carbocycles. The number of carbonyl (C=O) groups excluding carboxylic acids is 1. The number of aryl methyl sites for hydroxylation is 1. The Balaban J connectivity index is 1.47. The molecular weight excluding hydrogens is 376 g/mol. The number of aromatic nitrogens is 2. The van der Waals surface area contributed by atoms with E-state index < -0.39 is 0 Å². The third kappa shape index (κ3) is 5.63. The number of carbonyl (C=O) groups is 1. The zero-order chi connectivity index (χ0) is 21.7. The molecule has 1 amide bonds. The normalized spacial score (nSPS) is 15.1. The van der Waals surface area contributed by atoms with Crippen LogP contribution in [-0.4, -0.2) is 58.8 Å². The molecule has 1 saturated heterocycles. The lowest BCUT2D eigenvalue weighted by molar-refractivity contribution is -0.133. The van der Waals surface area contributed by atoms with Crippen LogP contribution in [0, 0.1) is 19.8 Å². The highest BCUT2D eigenvalue weighted by Crippen LogP contribution is 2.18. The van der Waals surface area contributed by atoms with Crippen molar-refractivity contribution in [2.45, 2.75) is 53.6 Å². The smallest absolute Gasteiger partial charge is 0.222 e. The number of ether oxygens (including phenoxy) is 1. The average Bonchev–Trinajstić information content (AvgIpc) is 2.99. The Kier molecular flexibility index (Phi) is 7.53. The number of piperazine rings is 1. The summed E-state index contributed by atoms with van der Waals surface area (Å²) in [5, 5.41) is 4.68. The van der Waals surface area contributed by atoms with Gasteiger partial charge in [0.2, 0.25) is 5.91 Å². The van der Waals surface area contributed by atoms with Crippen LogP contribution in [0.4, 0.5) is 0 Å². The molecule has 0 spiro atoms. The Morgan fingerprint density at radius 3 is 2.37 bits per heavy atom. The van der Waals surface area contributed by atoms with Crippen LogP contribution in [0.5, 0.6) is 5.75 Å². The van der Waals surface area contributed by atoms with E-state index in [1.807, 2.05) is 17.0 Å². The molecule has 2 heterocycles. The SMILES string of the molecule is COc1ccc(CN2CCN(C(=O)CCc3c(C)nn(CC(C)C)c3C)CC2)cc1. The highest BCUT2D eigenvalue weighted by Gasteiger charge is 2.22. The van der Waals surface area contributed by atoms with Gasteiger partial charge >= 0.3 is 0 Å². The fraction of sp³-hybridized carbons (Fsp3) is 0.583. The quantitative estimate of drug-likeness (QED) is 0.666. The molecule has 0 N–H and O–H groups in total. The Morgan fingerprint density at radius 1 is 1.10 bits per heavy atom. The molecule has 0 atom stereocenters. The van der Waals surface area contributed by atoms with Gasteiger partial charge in [0, 0.05) is 51.4 Å².